The van der Waals surface area contributed by atoms with Gasteiger partial charge in [-0.3, -0.25) is 0 Å². The number of nitrogens with two attached hydrogens (primary N) is 1. The fourth-order valence-electron chi connectivity index (χ4n) is 1.54. The van der Waals surface area contributed by atoms with E-state index in [9.17, 15) is 0 Å². The SMILES string of the molecule is CCCCO[Si](C)(CCC(C)N)OCCCC. The first-order chi connectivity index (χ1) is 8.04. The van der Waals surface area contributed by atoms with E-state index in [1.807, 2.05) is 6.92 Å². The van der Waals surface area contributed by atoms with Crippen molar-refractivity contribution in [3.05, 3.63) is 0 Å². The first-order valence-corrected chi connectivity index (χ1v) is 9.60. The van der Waals surface area contributed by atoms with E-state index in [0.717, 1.165) is 38.5 Å². The van der Waals surface area contributed by atoms with E-state index in [4.69, 9.17) is 14.6 Å². The van der Waals surface area contributed by atoms with Gasteiger partial charge in [-0.05, 0) is 38.8 Å². The number of hydrogen-bond acceptors (Lipinski definition) is 3. The molecule has 0 aromatic heterocycles. The largest absolute Gasteiger partial charge is 0.394 e. The Hall–Kier alpha value is 0.0969. The molecule has 1 unspecified atom stereocenters. The molecule has 0 radical (unpaired) electrons. The van der Waals surface area contributed by atoms with E-state index in [0.29, 0.717) is 0 Å². The molecule has 0 rings (SSSR count). The molecule has 0 aliphatic rings. The van der Waals surface area contributed by atoms with E-state index >= 15 is 0 Å². The maximum atomic E-state index is 6.03. The summed E-state index contributed by atoms with van der Waals surface area (Å²) in [4.78, 5) is 0. The summed E-state index contributed by atoms with van der Waals surface area (Å²) in [6.07, 6.45) is 5.59. The van der Waals surface area contributed by atoms with E-state index in [2.05, 4.69) is 20.4 Å². The van der Waals surface area contributed by atoms with Gasteiger partial charge in [0, 0.05) is 19.3 Å². The molecule has 0 aliphatic heterocycles. The second-order valence-corrected chi connectivity index (χ2v) is 8.40. The Labute approximate surface area is 108 Å². The summed E-state index contributed by atoms with van der Waals surface area (Å²) in [7, 11) is -1.97. The molecular weight excluding hydrogens is 230 g/mol. The first kappa shape index (κ1) is 17.1. The van der Waals surface area contributed by atoms with Gasteiger partial charge < -0.3 is 14.6 Å². The summed E-state index contributed by atoms with van der Waals surface area (Å²) < 4.78 is 12.1. The van der Waals surface area contributed by atoms with Crippen molar-refractivity contribution in [2.75, 3.05) is 13.2 Å². The Bertz CT molecular complexity index is 167. The van der Waals surface area contributed by atoms with Gasteiger partial charge in [-0.15, -0.1) is 0 Å². The molecule has 17 heavy (non-hydrogen) atoms. The highest BCUT2D eigenvalue weighted by molar-refractivity contribution is 6.66. The lowest BCUT2D eigenvalue weighted by atomic mass is 10.3. The highest BCUT2D eigenvalue weighted by Gasteiger charge is 2.31. The molecule has 0 spiro atoms. The van der Waals surface area contributed by atoms with Gasteiger partial charge in [-0.2, -0.15) is 0 Å². The third kappa shape index (κ3) is 9.77. The zero-order chi connectivity index (χ0) is 13.1. The molecule has 0 fully saturated rings. The quantitative estimate of drug-likeness (QED) is 0.458. The van der Waals surface area contributed by atoms with Gasteiger partial charge in [0.2, 0.25) is 0 Å². The number of rotatable bonds is 11. The maximum absolute atomic E-state index is 6.03. The van der Waals surface area contributed by atoms with Crippen LogP contribution in [-0.2, 0) is 8.85 Å². The molecular formula is C13H31NO2Si. The van der Waals surface area contributed by atoms with Crippen molar-refractivity contribution in [1.29, 1.82) is 0 Å². The molecule has 0 aliphatic carbocycles. The van der Waals surface area contributed by atoms with Crippen LogP contribution in [0.15, 0.2) is 0 Å². The van der Waals surface area contributed by atoms with Crippen LogP contribution < -0.4 is 5.73 Å². The standard InChI is InChI=1S/C13H31NO2Si/c1-5-7-10-15-17(4,12-9-13(3)14)16-11-8-6-2/h13H,5-12,14H2,1-4H3. The van der Waals surface area contributed by atoms with E-state index in [1.165, 1.54) is 12.8 Å². The zero-order valence-electron chi connectivity index (χ0n) is 12.1. The Morgan fingerprint density at radius 3 is 1.88 bits per heavy atom. The average Bonchev–Trinajstić information content (AvgIpc) is 2.27. The Morgan fingerprint density at radius 2 is 1.53 bits per heavy atom. The molecule has 0 aromatic rings. The van der Waals surface area contributed by atoms with E-state index in [1.54, 1.807) is 0 Å². The molecule has 4 heteroatoms. The summed E-state index contributed by atoms with van der Waals surface area (Å²) in [6, 6.07) is 1.25. The van der Waals surface area contributed by atoms with Crippen LogP contribution >= 0.6 is 0 Å². The van der Waals surface area contributed by atoms with Gasteiger partial charge >= 0.3 is 8.56 Å². The minimum absolute atomic E-state index is 0.242. The van der Waals surface area contributed by atoms with Crippen LogP contribution in [0, 0.1) is 0 Å². The Balaban J connectivity index is 4.04. The summed E-state index contributed by atoms with van der Waals surface area (Å²) in [5.41, 5.74) is 5.82. The minimum Gasteiger partial charge on any atom is -0.394 e. The van der Waals surface area contributed by atoms with Gasteiger partial charge in [0.05, 0.1) is 0 Å². The summed E-state index contributed by atoms with van der Waals surface area (Å²) in [6.45, 7) is 10.3. The van der Waals surface area contributed by atoms with Crippen molar-refractivity contribution < 1.29 is 8.85 Å². The Kier molecular flexibility index (Phi) is 10.1. The average molecular weight is 261 g/mol. The van der Waals surface area contributed by atoms with Crippen molar-refractivity contribution >= 4 is 8.56 Å². The van der Waals surface area contributed by atoms with Gasteiger partial charge in [0.15, 0.2) is 0 Å². The predicted molar refractivity (Wildman–Crippen MR) is 76.4 cm³/mol. The molecule has 0 saturated carbocycles. The van der Waals surface area contributed by atoms with Crippen molar-refractivity contribution in [2.45, 2.75) is 71.5 Å². The smallest absolute Gasteiger partial charge is 0.334 e. The van der Waals surface area contributed by atoms with Crippen molar-refractivity contribution in [3.8, 4) is 0 Å². The van der Waals surface area contributed by atoms with Crippen LogP contribution in [0.4, 0.5) is 0 Å². The minimum atomic E-state index is -1.97. The van der Waals surface area contributed by atoms with Crippen molar-refractivity contribution in [1.82, 2.24) is 0 Å². The van der Waals surface area contributed by atoms with Crippen LogP contribution in [0.2, 0.25) is 12.6 Å². The fourth-order valence-corrected chi connectivity index (χ4v) is 4.04. The van der Waals surface area contributed by atoms with Crippen LogP contribution in [0.25, 0.3) is 0 Å². The predicted octanol–water partition coefficient (Wildman–Crippen LogP) is 3.43. The third-order valence-corrected chi connectivity index (χ3v) is 5.69. The van der Waals surface area contributed by atoms with Crippen LogP contribution in [-0.4, -0.2) is 27.8 Å². The second-order valence-electron chi connectivity index (χ2n) is 5.05. The van der Waals surface area contributed by atoms with Crippen LogP contribution in [0.1, 0.15) is 52.9 Å². The molecule has 0 amide bonds. The van der Waals surface area contributed by atoms with Gasteiger partial charge in [-0.1, -0.05) is 26.7 Å². The molecule has 3 nitrogen and oxygen atoms in total. The second kappa shape index (κ2) is 10.1. The topological polar surface area (TPSA) is 44.5 Å². The molecule has 0 aromatic carbocycles. The number of hydrogen-bond donors (Lipinski definition) is 1. The molecule has 104 valence electrons. The summed E-state index contributed by atoms with van der Waals surface area (Å²) in [5.74, 6) is 0. The first-order valence-electron chi connectivity index (χ1n) is 7.07. The summed E-state index contributed by atoms with van der Waals surface area (Å²) in [5, 5.41) is 0. The lowest BCUT2D eigenvalue weighted by Crippen LogP contribution is -2.40. The lowest BCUT2D eigenvalue weighted by molar-refractivity contribution is 0.167. The molecule has 0 heterocycles. The highest BCUT2D eigenvalue weighted by atomic mass is 28.4. The van der Waals surface area contributed by atoms with E-state index in [-0.39, 0.29) is 6.04 Å². The van der Waals surface area contributed by atoms with Gasteiger partial charge in [-0.25, -0.2) is 0 Å². The highest BCUT2D eigenvalue weighted by Crippen LogP contribution is 2.18. The molecule has 0 saturated heterocycles. The normalized spacial score (nSPS) is 13.9. The lowest BCUT2D eigenvalue weighted by Gasteiger charge is -2.27. The van der Waals surface area contributed by atoms with Crippen molar-refractivity contribution in [2.24, 2.45) is 5.73 Å². The molecule has 2 N–H and O–H groups in total. The molecule has 1 atom stereocenters. The Morgan fingerprint density at radius 1 is 1.06 bits per heavy atom. The monoisotopic (exact) mass is 261 g/mol. The van der Waals surface area contributed by atoms with Gasteiger partial charge in [0.25, 0.3) is 0 Å². The van der Waals surface area contributed by atoms with Crippen molar-refractivity contribution in [3.63, 3.8) is 0 Å². The molecule has 0 bridgehead atoms. The van der Waals surface area contributed by atoms with E-state index < -0.39 is 8.56 Å². The zero-order valence-corrected chi connectivity index (χ0v) is 13.1. The third-order valence-electron chi connectivity index (χ3n) is 2.86. The maximum Gasteiger partial charge on any atom is 0.334 e. The fraction of sp³-hybridized carbons (Fsp3) is 1.00. The van der Waals surface area contributed by atoms with Crippen LogP contribution in [0.3, 0.4) is 0 Å². The van der Waals surface area contributed by atoms with Gasteiger partial charge in [0.1, 0.15) is 0 Å². The van der Waals surface area contributed by atoms with Crippen LogP contribution in [0.5, 0.6) is 0 Å². The number of unbranched alkanes of at least 4 members (excludes halogenated alkanes) is 2. The summed E-state index contributed by atoms with van der Waals surface area (Å²) >= 11 is 0.